The summed E-state index contributed by atoms with van der Waals surface area (Å²) in [7, 11) is 3.72. The van der Waals surface area contributed by atoms with Crippen LogP contribution >= 0.6 is 32.9 Å². The Morgan fingerprint density at radius 1 is 0.721 bits per heavy atom. The number of benzene rings is 2. The number of fused-ring (bicyclic) bond motifs is 1. The molecule has 766 valence electrons. The molecule has 2 aromatic carbocycles. The van der Waals surface area contributed by atoms with E-state index < -0.39 is 247 Å². The number of Topliss-reactive ketones (excluding diaryl/α,β-unsaturated/α-hetero) is 3. The van der Waals surface area contributed by atoms with Gasteiger partial charge in [0.15, 0.2) is 41.5 Å². The molecule has 50 heteroatoms. The molecule has 0 spiro atoms. The maximum atomic E-state index is 15.1. The van der Waals surface area contributed by atoms with Crippen LogP contribution in [0, 0.1) is 40.9 Å². The van der Waals surface area contributed by atoms with Crippen molar-refractivity contribution < 1.29 is 131 Å². The lowest BCUT2D eigenvalue weighted by Gasteiger charge is -2.39. The molecular weight excluding hydrogens is 1890 g/mol. The first kappa shape index (κ1) is 115. The van der Waals surface area contributed by atoms with Crippen molar-refractivity contribution in [1.82, 2.24) is 77.5 Å². The van der Waals surface area contributed by atoms with Crippen LogP contribution in [0.25, 0.3) is 11.2 Å². The Morgan fingerprint density at radius 2 is 1.37 bits per heavy atom. The number of hydrogen-bond acceptors (Lipinski definition) is 34. The van der Waals surface area contributed by atoms with E-state index in [0.29, 0.717) is 42.8 Å². The van der Waals surface area contributed by atoms with Gasteiger partial charge in [-0.15, -0.1) is 11.3 Å². The molecule has 4 heterocycles. The predicted octanol–water partition coefficient (Wildman–Crippen LogP) is 4.65. The summed E-state index contributed by atoms with van der Waals surface area (Å²) in [5.41, 5.74) is 16.1. The van der Waals surface area contributed by atoms with Crippen molar-refractivity contribution >= 4 is 168 Å². The van der Waals surface area contributed by atoms with Crippen molar-refractivity contribution in [3.63, 3.8) is 0 Å². The number of carboxylic acid groups (broad SMARTS) is 5. The smallest absolute Gasteiger partial charge is 0.426 e. The largest absolute Gasteiger partial charge is 0.508 e. The zero-order valence-electron chi connectivity index (χ0n) is 79.3. The summed E-state index contributed by atoms with van der Waals surface area (Å²) < 4.78 is 15.4. The Hall–Kier alpha value is -13.5. The van der Waals surface area contributed by atoms with Crippen LogP contribution in [0.2, 0.25) is 0 Å². The number of guanidine groups is 1. The Kier molecular flexibility index (Phi) is 46.5. The number of aliphatic carboxylic acids is 5. The van der Waals surface area contributed by atoms with E-state index in [4.69, 9.17) is 31.1 Å². The SMILES string of the molecule is CCCC(=O)OCN(C(=O)[C@@H](NC(=O)[C@H]1CCCCN1C)C(C)CC)[C@H](C[C@@H](OC(C)=O)c1nc(C(=O)N[C@@H](Cc2ccc(O)cc2)C[C@H](C)C(=O)NNC(=O)OCCSSC(C)(C)C(CC(=O)[C@@H](CC(=O)O)NC(=O)[C@@H](CC(=O)O)CC(=O)[C@@H](CCCNC(=N)N)NC(=O)[C@@H](CC(=O)O)CC(=O)CC[C@@H](NC(=O)c2ccc(NCc3cnc4nc(N)[nH]c(=O)c4n3)cc2)C(=O)O)C(=O)O)cs1)C(C)C. The molecule has 1 aliphatic rings. The molecule has 0 bridgehead atoms. The van der Waals surface area contributed by atoms with E-state index in [2.05, 4.69) is 73.0 Å². The molecule has 47 nitrogen and oxygen atoms in total. The number of nitrogen functional groups attached to an aromatic ring is 1. The second-order valence-corrected chi connectivity index (χ2v) is 38.8. The van der Waals surface area contributed by atoms with Gasteiger partial charge in [-0.2, -0.15) is 4.98 Å². The number of hydrazine groups is 1. The van der Waals surface area contributed by atoms with Gasteiger partial charge < -0.3 is 98.4 Å². The normalized spacial score (nSPS) is 15.2. The fourth-order valence-corrected chi connectivity index (χ4v) is 18.5. The summed E-state index contributed by atoms with van der Waals surface area (Å²) in [4.78, 5) is 277. The van der Waals surface area contributed by atoms with Crippen LogP contribution in [-0.4, -0.2) is 264 Å². The number of nitrogens with zero attached hydrogens (tertiary/aromatic N) is 6. The van der Waals surface area contributed by atoms with Gasteiger partial charge in [-0.3, -0.25) is 102 Å². The number of ether oxygens (including phenoxy) is 3. The van der Waals surface area contributed by atoms with E-state index in [1.807, 2.05) is 39.6 Å². The third-order valence-electron chi connectivity index (χ3n) is 23.0. The lowest BCUT2D eigenvalue weighted by atomic mass is 9.87. The van der Waals surface area contributed by atoms with Crippen molar-refractivity contribution in [3.05, 3.63) is 98.0 Å². The molecule has 0 aliphatic carbocycles. The topological polar surface area (TPSA) is 731 Å². The number of carbonyl (C=O) groups is 18. The minimum Gasteiger partial charge on any atom is -0.508 e. The lowest BCUT2D eigenvalue weighted by molar-refractivity contribution is -0.161. The van der Waals surface area contributed by atoms with E-state index in [0.717, 1.165) is 45.8 Å². The van der Waals surface area contributed by atoms with Gasteiger partial charge in [0.1, 0.15) is 40.9 Å². The molecular formula is C90H125N19O28S3. The highest BCUT2D eigenvalue weighted by Crippen LogP contribution is 2.43. The molecule has 8 amide bonds. The Balaban J connectivity index is 1.04. The van der Waals surface area contributed by atoms with Gasteiger partial charge in [0.05, 0.1) is 73.6 Å². The summed E-state index contributed by atoms with van der Waals surface area (Å²) in [6.07, 6.45) is -5.63. The minimum atomic E-state index is -2.06. The number of nitrogens with one attached hydrogen (secondary N) is 11. The number of carboxylic acids is 5. The van der Waals surface area contributed by atoms with Gasteiger partial charge in [0, 0.05) is 97.1 Å². The third kappa shape index (κ3) is 38.3. The van der Waals surface area contributed by atoms with Crippen LogP contribution in [0.3, 0.4) is 0 Å². The van der Waals surface area contributed by atoms with Gasteiger partial charge >= 0.3 is 47.9 Å². The first-order valence-corrected chi connectivity index (χ1v) is 48.5. The quantitative estimate of drug-likeness (QED) is 0.00368. The molecule has 6 rings (SSSR count). The van der Waals surface area contributed by atoms with E-state index >= 15 is 4.79 Å². The number of phenolic OH excluding ortho intramolecular Hbond substituents is 1. The average Bonchev–Trinajstić information content (AvgIpc) is 0.998. The van der Waals surface area contributed by atoms with Crippen molar-refractivity contribution in [2.45, 2.75) is 244 Å². The zero-order chi connectivity index (χ0) is 104. The van der Waals surface area contributed by atoms with Gasteiger partial charge in [-0.25, -0.2) is 30.0 Å². The summed E-state index contributed by atoms with van der Waals surface area (Å²) in [6.45, 7) is 14.5. The summed E-state index contributed by atoms with van der Waals surface area (Å²) >= 11 is 0.988. The van der Waals surface area contributed by atoms with Gasteiger partial charge in [0.25, 0.3) is 17.4 Å². The lowest BCUT2D eigenvalue weighted by Crippen LogP contribution is -2.59. The maximum absolute atomic E-state index is 15.1. The molecule has 13 atom stereocenters. The highest BCUT2D eigenvalue weighted by atomic mass is 33.1. The number of esters is 2. The molecule has 2 unspecified atom stereocenters. The standard InChI is InChI=1S/C90H125N19O28S3/c1-11-16-72(121)136-45-109(84(129)73(47(5)12-2)103-81(127)64-18-13-14-30-108(64)10)65(46(3)4)41-68(137-49(7)110)83-102-63(44-138-83)80(126)98-55(34-50-19-25-57(111)26-20-50)33-48(6)76(122)106-107-89(134)135-31-32-139-140-90(8,9)59(85(130)131)39-67(114)62(40-71(119)120)101-79(125)53(38-70(117)118)36-66(113)60(17-15-29-94-87(91)92)99-78(124)52(37-69(115)116)35-58(112)27-28-61(86(132)133)100-77(123)51-21-23-54(24-22-51)95-42-56-43-96-75-74(97-56)82(128)105-88(93)104-75/h19-26,43-44,46-48,52-53,55,59-62,64-65,68,73,95,111H,11-18,27-42,45H2,1-10H3,(H,98,126)(H,99,124)(H,100,123)(H,101,125)(H,103,127)(H,106,122)(H,107,134)(H,115,116)(H,117,118)(H,119,120)(H,130,131)(H,132,133)(H4,91,92,94)(H3,93,96,104,105,128)/t47?,48-,52+,53+,55+,59?,60+,61+,62+,64+,65+,68+,73-/m0/s1. The third-order valence-corrected chi connectivity index (χ3v) is 27.2. The number of piperidine rings is 1. The molecule has 5 aromatic rings. The number of nitrogens with two attached hydrogens (primary N) is 2. The highest BCUT2D eigenvalue weighted by molar-refractivity contribution is 8.77. The van der Waals surface area contributed by atoms with Crippen LogP contribution < -0.4 is 65.1 Å². The minimum absolute atomic E-state index is 0.0155. The number of amides is 8. The average molecular weight is 2020 g/mol. The number of likely N-dealkylation sites (N-methyl/N-ethyl adjacent to an activating group) is 1. The Bertz CT molecular complexity index is 5280. The first-order valence-electron chi connectivity index (χ1n) is 45.3. The summed E-state index contributed by atoms with van der Waals surface area (Å²) in [5, 5.41) is 87.9. The van der Waals surface area contributed by atoms with Crippen molar-refractivity contribution in [3.8, 4) is 5.75 Å². The van der Waals surface area contributed by atoms with E-state index in [1.54, 1.807) is 19.1 Å². The number of hydrogen-bond donors (Lipinski definition) is 19. The van der Waals surface area contributed by atoms with Crippen molar-refractivity contribution in [2.75, 3.05) is 50.3 Å². The number of H-pyrrole nitrogens is 1. The van der Waals surface area contributed by atoms with Crippen LogP contribution in [0.15, 0.2) is 64.9 Å². The first-order chi connectivity index (χ1) is 66.1. The van der Waals surface area contributed by atoms with E-state index in [9.17, 15) is 117 Å². The molecule has 3 aromatic heterocycles. The number of ketones is 3. The monoisotopic (exact) mass is 2020 g/mol. The fourth-order valence-electron chi connectivity index (χ4n) is 15.1. The summed E-state index contributed by atoms with van der Waals surface area (Å²) in [5.74, 6) is -26.2. The molecule has 0 radical (unpaired) electrons. The Morgan fingerprint density at radius 3 is 1.98 bits per heavy atom. The fraction of sp³-hybridized carbons (Fsp3) is 0.556. The number of phenols is 1. The highest BCUT2D eigenvalue weighted by Gasteiger charge is 2.44. The molecule has 1 saturated heterocycles. The predicted molar refractivity (Wildman–Crippen MR) is 509 cm³/mol. The van der Waals surface area contributed by atoms with Crippen molar-refractivity contribution in [2.24, 2.45) is 41.2 Å². The van der Waals surface area contributed by atoms with E-state index in [1.165, 1.54) is 80.6 Å². The number of thiazole rings is 1. The van der Waals surface area contributed by atoms with Crippen LogP contribution in [0.4, 0.5) is 16.4 Å². The second-order valence-electron chi connectivity index (χ2n) is 34.8. The maximum Gasteiger partial charge on any atom is 0.426 e. The zero-order valence-corrected chi connectivity index (χ0v) is 81.7. The Labute approximate surface area is 817 Å². The van der Waals surface area contributed by atoms with Gasteiger partial charge in [0.2, 0.25) is 35.5 Å². The second kappa shape index (κ2) is 56.5. The van der Waals surface area contributed by atoms with Crippen LogP contribution in [0.1, 0.15) is 221 Å². The van der Waals surface area contributed by atoms with Crippen molar-refractivity contribution in [1.29, 1.82) is 5.41 Å². The van der Waals surface area contributed by atoms with Gasteiger partial charge in [-0.1, -0.05) is 88.1 Å². The number of aromatic hydroxyl groups is 1. The molecule has 1 fully saturated rings. The van der Waals surface area contributed by atoms with E-state index in [-0.39, 0.29) is 121 Å². The van der Waals surface area contributed by atoms with Gasteiger partial charge in [-0.05, 0) is 133 Å². The number of likely N-dealkylation sites (tertiary alicyclic amines) is 1. The molecule has 0 saturated carbocycles. The summed E-state index contributed by atoms with van der Waals surface area (Å²) in [6, 6.07) is 3.05. The molecule has 140 heavy (non-hydrogen) atoms. The number of rotatable bonds is 60. The molecule has 21 N–H and O–H groups in total. The van der Waals surface area contributed by atoms with Crippen LogP contribution in [0.5, 0.6) is 5.75 Å². The molecule has 1 aliphatic heterocycles. The van der Waals surface area contributed by atoms with Crippen LogP contribution in [-0.2, 0) is 99.1 Å². The number of anilines is 2. The number of carbonyl (C=O) groups excluding carboxylic acids is 13. The number of aromatic nitrogens is 5. The number of aromatic amines is 1.